The summed E-state index contributed by atoms with van der Waals surface area (Å²) in [5.41, 5.74) is 0.296. The van der Waals surface area contributed by atoms with Crippen molar-refractivity contribution < 1.29 is 9.21 Å². The lowest BCUT2D eigenvalue weighted by molar-refractivity contribution is 0.0428. The van der Waals surface area contributed by atoms with Crippen LogP contribution in [0.3, 0.4) is 0 Å². The topological polar surface area (TPSA) is 36.7 Å². The maximum atomic E-state index is 12.4. The molecule has 0 saturated carbocycles. The van der Waals surface area contributed by atoms with Crippen molar-refractivity contribution in [3.8, 4) is 0 Å². The molecule has 1 amide bonds. The van der Waals surface area contributed by atoms with E-state index in [9.17, 15) is 4.79 Å². The second-order valence-electron chi connectivity index (χ2n) is 6.27. The maximum Gasteiger partial charge on any atom is 0.289 e. The Balaban J connectivity index is 1.65. The molecule has 0 atom stereocenters. The molecule has 0 bridgehead atoms. The minimum Gasteiger partial charge on any atom is -0.456 e. The number of nitrogens with zero attached hydrogens (tertiary/aromatic N) is 2. The summed E-state index contributed by atoms with van der Waals surface area (Å²) in [5, 5.41) is 0. The van der Waals surface area contributed by atoms with Gasteiger partial charge in [0.15, 0.2) is 5.76 Å². The SMILES string of the molecule is C=CCN1CCCC12CCN(C(=O)c1ccc(C)o1)CC2. The molecule has 4 nitrogen and oxygen atoms in total. The van der Waals surface area contributed by atoms with Crippen molar-refractivity contribution in [1.82, 2.24) is 9.80 Å². The highest BCUT2D eigenvalue weighted by atomic mass is 16.3. The second kappa shape index (κ2) is 5.68. The average Bonchev–Trinajstić information content (AvgIpc) is 3.08. The molecule has 2 aliphatic heterocycles. The first-order chi connectivity index (χ1) is 10.1. The molecule has 3 rings (SSSR count). The zero-order valence-corrected chi connectivity index (χ0v) is 12.8. The Morgan fingerprint density at radius 1 is 1.33 bits per heavy atom. The number of hydrogen-bond acceptors (Lipinski definition) is 3. The monoisotopic (exact) mass is 288 g/mol. The Bertz CT molecular complexity index is 527. The fraction of sp³-hybridized carbons (Fsp3) is 0.588. The normalized spacial score (nSPS) is 21.9. The van der Waals surface area contributed by atoms with E-state index in [1.165, 1.54) is 12.8 Å². The van der Waals surface area contributed by atoms with Crippen LogP contribution in [-0.2, 0) is 0 Å². The van der Waals surface area contributed by atoms with Crippen molar-refractivity contribution in [3.63, 3.8) is 0 Å². The van der Waals surface area contributed by atoms with Crippen molar-refractivity contribution in [2.75, 3.05) is 26.2 Å². The van der Waals surface area contributed by atoms with E-state index in [-0.39, 0.29) is 5.91 Å². The zero-order chi connectivity index (χ0) is 14.9. The standard InChI is InChI=1S/C17H24N2O2/c1-3-10-19-11-4-7-17(19)8-12-18(13-9-17)16(20)15-6-5-14(2)21-15/h3,5-6H,1,4,7-13H2,2H3. The molecule has 3 heterocycles. The second-order valence-corrected chi connectivity index (χ2v) is 6.27. The van der Waals surface area contributed by atoms with Gasteiger partial charge in [-0.15, -0.1) is 6.58 Å². The molecular weight excluding hydrogens is 264 g/mol. The van der Waals surface area contributed by atoms with Gasteiger partial charge in [0.1, 0.15) is 5.76 Å². The predicted molar refractivity (Wildman–Crippen MR) is 82.3 cm³/mol. The van der Waals surface area contributed by atoms with E-state index in [2.05, 4.69) is 11.5 Å². The summed E-state index contributed by atoms with van der Waals surface area (Å²) in [7, 11) is 0. The van der Waals surface area contributed by atoms with E-state index >= 15 is 0 Å². The number of carbonyl (C=O) groups excluding carboxylic acids is 1. The van der Waals surface area contributed by atoms with Crippen LogP contribution < -0.4 is 0 Å². The lowest BCUT2D eigenvalue weighted by atomic mass is 9.85. The number of piperidine rings is 1. The van der Waals surface area contributed by atoms with Crippen LogP contribution >= 0.6 is 0 Å². The van der Waals surface area contributed by atoms with Crippen LogP contribution in [0.15, 0.2) is 29.2 Å². The summed E-state index contributed by atoms with van der Waals surface area (Å²) in [6.07, 6.45) is 6.64. The number of amides is 1. The third-order valence-corrected chi connectivity index (χ3v) is 5.02. The van der Waals surface area contributed by atoms with Crippen LogP contribution in [0.4, 0.5) is 0 Å². The van der Waals surface area contributed by atoms with E-state index in [1.807, 2.05) is 24.0 Å². The van der Waals surface area contributed by atoms with Crippen LogP contribution in [0.1, 0.15) is 42.0 Å². The molecule has 0 aliphatic carbocycles. The number of hydrogen-bond donors (Lipinski definition) is 0. The fourth-order valence-corrected chi connectivity index (χ4v) is 3.83. The Morgan fingerprint density at radius 2 is 2.10 bits per heavy atom. The van der Waals surface area contributed by atoms with Gasteiger partial charge in [0.2, 0.25) is 0 Å². The third kappa shape index (κ3) is 2.64. The molecule has 4 heteroatoms. The van der Waals surface area contributed by atoms with Crippen molar-refractivity contribution in [1.29, 1.82) is 0 Å². The van der Waals surface area contributed by atoms with E-state index in [4.69, 9.17) is 4.42 Å². The highest BCUT2D eigenvalue weighted by Gasteiger charge is 2.43. The number of aryl methyl sites for hydroxylation is 1. The molecular formula is C17H24N2O2. The molecule has 114 valence electrons. The number of furan rings is 1. The largest absolute Gasteiger partial charge is 0.456 e. The van der Waals surface area contributed by atoms with Gasteiger partial charge in [0.25, 0.3) is 5.91 Å². The van der Waals surface area contributed by atoms with Gasteiger partial charge in [-0.05, 0) is 51.3 Å². The van der Waals surface area contributed by atoms with Gasteiger partial charge in [-0.3, -0.25) is 9.69 Å². The highest BCUT2D eigenvalue weighted by Crippen LogP contribution is 2.38. The minimum absolute atomic E-state index is 0.0335. The van der Waals surface area contributed by atoms with Crippen molar-refractivity contribution >= 4 is 5.91 Å². The molecule has 1 spiro atoms. The summed E-state index contributed by atoms with van der Waals surface area (Å²) in [4.78, 5) is 16.9. The molecule has 2 saturated heterocycles. The van der Waals surface area contributed by atoms with Crippen LogP contribution in [0.25, 0.3) is 0 Å². The van der Waals surface area contributed by atoms with E-state index in [0.717, 1.165) is 44.8 Å². The maximum absolute atomic E-state index is 12.4. The number of carbonyl (C=O) groups is 1. The first-order valence-corrected chi connectivity index (χ1v) is 7.86. The Kier molecular flexibility index (Phi) is 3.89. The summed E-state index contributed by atoms with van der Waals surface area (Å²) in [5.74, 6) is 1.30. The average molecular weight is 288 g/mol. The van der Waals surface area contributed by atoms with Gasteiger partial charge in [-0.1, -0.05) is 6.08 Å². The highest BCUT2D eigenvalue weighted by molar-refractivity contribution is 5.91. The van der Waals surface area contributed by atoms with Crippen molar-refractivity contribution in [2.24, 2.45) is 0 Å². The summed E-state index contributed by atoms with van der Waals surface area (Å²) >= 11 is 0. The zero-order valence-electron chi connectivity index (χ0n) is 12.8. The van der Waals surface area contributed by atoms with E-state index < -0.39 is 0 Å². The van der Waals surface area contributed by atoms with Gasteiger partial charge in [0.05, 0.1) is 0 Å². The number of likely N-dealkylation sites (tertiary alicyclic amines) is 2. The first-order valence-electron chi connectivity index (χ1n) is 7.86. The minimum atomic E-state index is 0.0335. The Hall–Kier alpha value is -1.55. The molecule has 0 N–H and O–H groups in total. The smallest absolute Gasteiger partial charge is 0.289 e. The quantitative estimate of drug-likeness (QED) is 0.803. The number of rotatable bonds is 3. The third-order valence-electron chi connectivity index (χ3n) is 5.02. The molecule has 2 fully saturated rings. The van der Waals surface area contributed by atoms with E-state index in [1.54, 1.807) is 6.07 Å². The molecule has 0 unspecified atom stereocenters. The van der Waals surface area contributed by atoms with Crippen LogP contribution in [-0.4, -0.2) is 47.4 Å². The van der Waals surface area contributed by atoms with Crippen molar-refractivity contribution in [2.45, 2.75) is 38.1 Å². The Morgan fingerprint density at radius 3 is 2.71 bits per heavy atom. The molecule has 0 radical (unpaired) electrons. The van der Waals surface area contributed by atoms with Crippen LogP contribution in [0, 0.1) is 6.92 Å². The fourth-order valence-electron chi connectivity index (χ4n) is 3.83. The van der Waals surface area contributed by atoms with E-state index in [0.29, 0.717) is 11.3 Å². The van der Waals surface area contributed by atoms with Crippen LogP contribution in [0.2, 0.25) is 0 Å². The Labute approximate surface area is 126 Å². The summed E-state index contributed by atoms with van der Waals surface area (Å²) < 4.78 is 5.46. The molecule has 2 aliphatic rings. The molecule has 1 aromatic rings. The summed E-state index contributed by atoms with van der Waals surface area (Å²) in [6.45, 7) is 9.52. The van der Waals surface area contributed by atoms with Gasteiger partial charge in [-0.25, -0.2) is 0 Å². The summed E-state index contributed by atoms with van der Waals surface area (Å²) in [6, 6.07) is 3.63. The molecule has 21 heavy (non-hydrogen) atoms. The molecule has 0 aromatic carbocycles. The van der Waals surface area contributed by atoms with Crippen molar-refractivity contribution in [3.05, 3.63) is 36.3 Å². The predicted octanol–water partition coefficient (Wildman–Crippen LogP) is 2.84. The van der Waals surface area contributed by atoms with Gasteiger partial charge in [0, 0.05) is 25.2 Å². The van der Waals surface area contributed by atoms with Gasteiger partial charge >= 0.3 is 0 Å². The first kappa shape index (κ1) is 14.4. The van der Waals surface area contributed by atoms with Gasteiger partial charge < -0.3 is 9.32 Å². The van der Waals surface area contributed by atoms with Gasteiger partial charge in [-0.2, -0.15) is 0 Å². The lowest BCUT2D eigenvalue weighted by Gasteiger charge is -2.44. The molecule has 1 aromatic heterocycles. The lowest BCUT2D eigenvalue weighted by Crippen LogP contribution is -2.53. The van der Waals surface area contributed by atoms with Crippen LogP contribution in [0.5, 0.6) is 0 Å².